The van der Waals surface area contributed by atoms with Crippen LogP contribution in [-0.2, 0) is 0 Å². The molecule has 1 unspecified atom stereocenters. The second-order valence-corrected chi connectivity index (χ2v) is 6.07. The second-order valence-electron chi connectivity index (χ2n) is 6.07. The minimum atomic E-state index is -4.63. The third kappa shape index (κ3) is 3.04. The molecule has 2 aromatic carbocycles. The number of hydrogen-bond acceptors (Lipinski definition) is 3. The highest BCUT2D eigenvalue weighted by atomic mass is 19.4. The normalized spacial score (nSPS) is 20.0. The van der Waals surface area contributed by atoms with Crippen LogP contribution >= 0.6 is 0 Å². The molecule has 2 aromatic rings. The lowest BCUT2D eigenvalue weighted by molar-refractivity contribution is -0.211. The first-order valence-corrected chi connectivity index (χ1v) is 7.86. The number of fused-ring (bicyclic) bond motifs is 1. The van der Waals surface area contributed by atoms with Gasteiger partial charge in [0.25, 0.3) is 0 Å². The maximum atomic E-state index is 13.0. The minimum absolute atomic E-state index is 0.303. The summed E-state index contributed by atoms with van der Waals surface area (Å²) in [4.78, 5) is 1.64. The number of aliphatic hydroxyl groups excluding tert-OH is 1. The number of halogens is 3. The summed E-state index contributed by atoms with van der Waals surface area (Å²) in [5.41, 5.74) is 1.18. The number of hydrogen-bond donors (Lipinski definition) is 1. The van der Waals surface area contributed by atoms with Gasteiger partial charge in [0.15, 0.2) is 6.10 Å². The highest BCUT2D eigenvalue weighted by Gasteiger charge is 2.46. The average molecular weight is 334 g/mol. The van der Waals surface area contributed by atoms with Crippen molar-refractivity contribution in [1.29, 1.82) is 5.26 Å². The Morgan fingerprint density at radius 3 is 2.71 bits per heavy atom. The van der Waals surface area contributed by atoms with Crippen molar-refractivity contribution in [3.63, 3.8) is 0 Å². The van der Waals surface area contributed by atoms with Gasteiger partial charge in [0.1, 0.15) is 0 Å². The number of rotatable bonds is 2. The van der Waals surface area contributed by atoms with Gasteiger partial charge in [-0.1, -0.05) is 18.2 Å². The van der Waals surface area contributed by atoms with E-state index in [1.54, 1.807) is 35.2 Å². The zero-order chi connectivity index (χ0) is 17.3. The van der Waals surface area contributed by atoms with Crippen LogP contribution in [0.25, 0.3) is 10.8 Å². The lowest BCUT2D eigenvalue weighted by Gasteiger charge is -2.40. The third-order valence-electron chi connectivity index (χ3n) is 4.57. The molecule has 1 aliphatic heterocycles. The summed E-state index contributed by atoms with van der Waals surface area (Å²) in [5.74, 6) is 0. The molecule has 126 valence electrons. The molecule has 1 saturated heterocycles. The van der Waals surface area contributed by atoms with Gasteiger partial charge in [-0.05, 0) is 48.2 Å². The van der Waals surface area contributed by atoms with E-state index in [4.69, 9.17) is 5.26 Å². The fraction of sp³-hybridized carbons (Fsp3) is 0.389. The van der Waals surface area contributed by atoms with E-state index in [-0.39, 0.29) is 0 Å². The van der Waals surface area contributed by atoms with E-state index >= 15 is 0 Å². The molecule has 0 bridgehead atoms. The molecule has 1 aliphatic rings. The smallest absolute Gasteiger partial charge is 0.382 e. The van der Waals surface area contributed by atoms with Crippen molar-refractivity contribution in [3.05, 3.63) is 42.0 Å². The summed E-state index contributed by atoms with van der Waals surface area (Å²) in [6.45, 7) is 0.473. The Labute approximate surface area is 137 Å². The molecule has 1 fully saturated rings. The first kappa shape index (κ1) is 16.6. The predicted molar refractivity (Wildman–Crippen MR) is 85.7 cm³/mol. The molecule has 24 heavy (non-hydrogen) atoms. The van der Waals surface area contributed by atoms with E-state index < -0.39 is 18.3 Å². The Morgan fingerprint density at radius 1 is 1.21 bits per heavy atom. The average Bonchev–Trinajstić information content (AvgIpc) is 2.59. The Kier molecular flexibility index (Phi) is 4.37. The topological polar surface area (TPSA) is 47.3 Å². The number of anilines is 1. The van der Waals surface area contributed by atoms with Gasteiger partial charge < -0.3 is 10.0 Å². The first-order valence-electron chi connectivity index (χ1n) is 7.86. The van der Waals surface area contributed by atoms with Gasteiger partial charge in [0.2, 0.25) is 0 Å². The molecule has 0 aliphatic carbocycles. The molecule has 0 amide bonds. The van der Waals surface area contributed by atoms with Gasteiger partial charge in [-0.15, -0.1) is 0 Å². The molecule has 3 nitrogen and oxygen atoms in total. The zero-order valence-corrected chi connectivity index (χ0v) is 12.9. The molecular formula is C18H17F3N2O. The van der Waals surface area contributed by atoms with Crippen LogP contribution in [0.5, 0.6) is 0 Å². The molecule has 0 spiro atoms. The fourth-order valence-electron chi connectivity index (χ4n) is 3.37. The number of nitrogens with zero attached hydrogens (tertiary/aromatic N) is 2. The molecule has 1 heterocycles. The monoisotopic (exact) mass is 334 g/mol. The highest BCUT2D eigenvalue weighted by molar-refractivity contribution is 5.90. The fourth-order valence-corrected chi connectivity index (χ4v) is 3.37. The Morgan fingerprint density at radius 2 is 2.00 bits per heavy atom. The molecular weight excluding hydrogens is 317 g/mol. The lowest BCUT2D eigenvalue weighted by Crippen LogP contribution is -2.52. The van der Waals surface area contributed by atoms with Crippen molar-refractivity contribution in [2.24, 2.45) is 0 Å². The van der Waals surface area contributed by atoms with Gasteiger partial charge in [-0.2, -0.15) is 18.4 Å². The summed E-state index contributed by atoms with van der Waals surface area (Å²) < 4.78 is 38.9. The Bertz CT molecular complexity index is 782. The second kappa shape index (κ2) is 6.33. The number of aliphatic hydroxyl groups is 1. The molecule has 1 N–H and O–H groups in total. The van der Waals surface area contributed by atoms with Crippen LogP contribution in [0.4, 0.5) is 18.9 Å². The third-order valence-corrected chi connectivity index (χ3v) is 4.57. The number of alkyl halides is 3. The maximum Gasteiger partial charge on any atom is 0.416 e. The van der Waals surface area contributed by atoms with Crippen LogP contribution in [-0.4, -0.2) is 30.0 Å². The standard InChI is InChI=1S/C18H17F3N2O/c19-18(20,21)17(24)16-6-1-2-9-23(16)14-7-8-15-12(10-14)4-3-5-13(15)11-22/h3-5,7-8,10,16-17,24H,1-2,6,9H2/t16?,17-/m0/s1. The van der Waals surface area contributed by atoms with Crippen LogP contribution in [0, 0.1) is 11.3 Å². The van der Waals surface area contributed by atoms with E-state index in [0.717, 1.165) is 17.2 Å². The van der Waals surface area contributed by atoms with Crippen LogP contribution in [0.3, 0.4) is 0 Å². The lowest BCUT2D eigenvalue weighted by atomic mass is 9.95. The van der Waals surface area contributed by atoms with Crippen molar-refractivity contribution in [2.75, 3.05) is 11.4 Å². The quantitative estimate of drug-likeness (QED) is 0.903. The van der Waals surface area contributed by atoms with Crippen LogP contribution in [0.15, 0.2) is 36.4 Å². The Balaban J connectivity index is 1.99. The SMILES string of the molecule is N#Cc1cccc2cc(N3CCCCC3[C@H](O)C(F)(F)F)ccc12. The summed E-state index contributed by atoms with van der Waals surface area (Å²) in [6.07, 6.45) is -5.24. The van der Waals surface area contributed by atoms with Gasteiger partial charge >= 0.3 is 6.18 Å². The van der Waals surface area contributed by atoms with Crippen molar-refractivity contribution < 1.29 is 18.3 Å². The number of nitriles is 1. The predicted octanol–water partition coefficient (Wildman–Crippen LogP) is 3.99. The maximum absolute atomic E-state index is 13.0. The molecule has 3 rings (SSSR count). The Hall–Kier alpha value is -2.26. The van der Waals surface area contributed by atoms with Crippen molar-refractivity contribution in [3.8, 4) is 6.07 Å². The van der Waals surface area contributed by atoms with Crippen LogP contribution in [0.2, 0.25) is 0 Å². The first-order chi connectivity index (χ1) is 11.4. The molecule has 0 radical (unpaired) electrons. The van der Waals surface area contributed by atoms with Crippen LogP contribution in [0.1, 0.15) is 24.8 Å². The zero-order valence-electron chi connectivity index (χ0n) is 12.9. The largest absolute Gasteiger partial charge is 0.416 e. The van der Waals surface area contributed by atoms with Crippen molar-refractivity contribution >= 4 is 16.5 Å². The van der Waals surface area contributed by atoms with Gasteiger partial charge in [0.05, 0.1) is 17.7 Å². The van der Waals surface area contributed by atoms with Gasteiger partial charge in [-0.25, -0.2) is 0 Å². The molecule has 0 saturated carbocycles. The van der Waals surface area contributed by atoms with E-state index in [0.29, 0.717) is 30.6 Å². The summed E-state index contributed by atoms with van der Waals surface area (Å²) in [7, 11) is 0. The summed E-state index contributed by atoms with van der Waals surface area (Å²) in [6, 6.07) is 11.7. The van der Waals surface area contributed by atoms with Crippen LogP contribution < -0.4 is 4.90 Å². The van der Waals surface area contributed by atoms with Gasteiger partial charge in [-0.3, -0.25) is 0 Å². The number of piperidine rings is 1. The highest BCUT2D eigenvalue weighted by Crippen LogP contribution is 2.34. The summed E-state index contributed by atoms with van der Waals surface area (Å²) in [5, 5.41) is 20.4. The van der Waals surface area contributed by atoms with Crippen molar-refractivity contribution in [1.82, 2.24) is 0 Å². The minimum Gasteiger partial charge on any atom is -0.382 e. The molecule has 2 atom stereocenters. The van der Waals surface area contributed by atoms with E-state index in [1.165, 1.54) is 0 Å². The van der Waals surface area contributed by atoms with E-state index in [2.05, 4.69) is 6.07 Å². The van der Waals surface area contributed by atoms with E-state index in [1.807, 2.05) is 6.07 Å². The van der Waals surface area contributed by atoms with E-state index in [9.17, 15) is 18.3 Å². The summed E-state index contributed by atoms with van der Waals surface area (Å²) >= 11 is 0. The van der Waals surface area contributed by atoms with Gasteiger partial charge in [0, 0.05) is 12.2 Å². The number of benzene rings is 2. The van der Waals surface area contributed by atoms with Crippen molar-refractivity contribution in [2.45, 2.75) is 37.6 Å². The molecule has 6 heteroatoms. The molecule has 0 aromatic heterocycles.